The molecular formula is C19H20N2O2S. The predicted octanol–water partition coefficient (Wildman–Crippen LogP) is 3.15. The molecule has 1 N–H and O–H groups in total. The van der Waals surface area contributed by atoms with E-state index < -0.39 is 6.10 Å². The van der Waals surface area contributed by atoms with Crippen LogP contribution in [0.5, 0.6) is 5.75 Å². The maximum Gasteiger partial charge on any atom is 0.119 e. The normalized spacial score (nSPS) is 16.2. The first kappa shape index (κ1) is 16.7. The third-order valence-corrected chi connectivity index (χ3v) is 4.97. The number of rotatable bonds is 6. The van der Waals surface area contributed by atoms with Crippen molar-refractivity contribution in [3.63, 3.8) is 0 Å². The van der Waals surface area contributed by atoms with Crippen LogP contribution >= 0.6 is 11.3 Å². The Balaban J connectivity index is 1.44. The first-order valence-corrected chi connectivity index (χ1v) is 8.89. The molecule has 124 valence electrons. The predicted molar refractivity (Wildman–Crippen MR) is 96.0 cm³/mol. The average Bonchev–Trinajstić information content (AvgIpc) is 3.16. The Morgan fingerprint density at radius 2 is 2.12 bits per heavy atom. The summed E-state index contributed by atoms with van der Waals surface area (Å²) in [5, 5.41) is 21.0. The molecule has 5 heteroatoms. The molecular weight excluding hydrogens is 320 g/mol. The van der Waals surface area contributed by atoms with Gasteiger partial charge in [0.25, 0.3) is 0 Å². The monoisotopic (exact) mass is 340 g/mol. The number of aliphatic hydroxyl groups is 1. The summed E-state index contributed by atoms with van der Waals surface area (Å²) in [5.74, 6) is 0.673. The van der Waals surface area contributed by atoms with Crippen LogP contribution in [0.15, 0.2) is 47.9 Å². The van der Waals surface area contributed by atoms with E-state index in [1.807, 2.05) is 0 Å². The Morgan fingerprint density at radius 1 is 1.29 bits per heavy atom. The number of nitriles is 1. The highest BCUT2D eigenvalue weighted by atomic mass is 32.1. The lowest BCUT2D eigenvalue weighted by molar-refractivity contribution is 0.0717. The second-order valence-electron chi connectivity index (χ2n) is 5.82. The number of hydrogen-bond donors (Lipinski definition) is 1. The van der Waals surface area contributed by atoms with Gasteiger partial charge in [0.1, 0.15) is 18.5 Å². The van der Waals surface area contributed by atoms with Crippen molar-refractivity contribution < 1.29 is 9.84 Å². The molecule has 2 heterocycles. The van der Waals surface area contributed by atoms with Crippen LogP contribution in [0.4, 0.5) is 0 Å². The van der Waals surface area contributed by atoms with Crippen molar-refractivity contribution in [2.24, 2.45) is 0 Å². The summed E-state index contributed by atoms with van der Waals surface area (Å²) in [7, 11) is 0. The van der Waals surface area contributed by atoms with Gasteiger partial charge in [0.05, 0.1) is 11.6 Å². The Kier molecular flexibility index (Phi) is 5.65. The molecule has 0 fully saturated rings. The molecule has 1 aromatic heterocycles. The van der Waals surface area contributed by atoms with Gasteiger partial charge in [0, 0.05) is 24.5 Å². The summed E-state index contributed by atoms with van der Waals surface area (Å²) in [6.07, 6.45) is 2.74. The average molecular weight is 340 g/mol. The van der Waals surface area contributed by atoms with Crippen LogP contribution in [0.1, 0.15) is 16.9 Å². The number of ether oxygens (including phenoxy) is 1. The number of hydrogen-bond acceptors (Lipinski definition) is 5. The molecule has 24 heavy (non-hydrogen) atoms. The Bertz CT molecular complexity index is 717. The highest BCUT2D eigenvalue weighted by Crippen LogP contribution is 2.26. The van der Waals surface area contributed by atoms with E-state index >= 15 is 0 Å². The van der Waals surface area contributed by atoms with Gasteiger partial charge in [-0.2, -0.15) is 5.26 Å². The van der Waals surface area contributed by atoms with Gasteiger partial charge in [0.2, 0.25) is 0 Å². The Labute approximate surface area is 146 Å². The number of β-amino-alcohol motifs (C(OH)–C–C–N with tert-alkyl or cyclic N) is 1. The summed E-state index contributed by atoms with van der Waals surface area (Å²) >= 11 is 1.78. The highest BCUT2D eigenvalue weighted by molar-refractivity contribution is 7.11. The minimum absolute atomic E-state index is 0.254. The van der Waals surface area contributed by atoms with E-state index in [0.29, 0.717) is 17.9 Å². The number of benzene rings is 1. The zero-order chi connectivity index (χ0) is 16.8. The van der Waals surface area contributed by atoms with Gasteiger partial charge >= 0.3 is 0 Å². The van der Waals surface area contributed by atoms with E-state index in [9.17, 15) is 5.11 Å². The van der Waals surface area contributed by atoms with Gasteiger partial charge in [0.15, 0.2) is 0 Å². The number of thiophene rings is 1. The topological polar surface area (TPSA) is 56.5 Å². The molecule has 0 aliphatic carbocycles. The standard InChI is InChI=1S/C19H20N2O2S/c20-12-15-3-5-18(6-4-15)23-14-17(22)13-21-9-7-16(8-10-21)19-2-1-11-24-19/h1-7,11,17,22H,8-10,13-14H2. The molecule has 0 saturated carbocycles. The van der Waals surface area contributed by atoms with E-state index in [2.05, 4.69) is 34.6 Å². The molecule has 4 nitrogen and oxygen atoms in total. The zero-order valence-electron chi connectivity index (χ0n) is 13.4. The summed E-state index contributed by atoms with van der Waals surface area (Å²) in [4.78, 5) is 3.59. The van der Waals surface area contributed by atoms with E-state index in [-0.39, 0.29) is 6.61 Å². The molecule has 0 spiro atoms. The third kappa shape index (κ3) is 4.45. The van der Waals surface area contributed by atoms with Crippen LogP contribution in [-0.4, -0.2) is 42.4 Å². The summed E-state index contributed by atoms with van der Waals surface area (Å²) in [6.45, 7) is 2.67. The zero-order valence-corrected chi connectivity index (χ0v) is 14.2. The first-order chi connectivity index (χ1) is 11.7. The maximum absolute atomic E-state index is 10.2. The van der Waals surface area contributed by atoms with Crippen molar-refractivity contribution in [2.45, 2.75) is 12.5 Å². The van der Waals surface area contributed by atoms with Crippen LogP contribution in [0.25, 0.3) is 5.57 Å². The number of aliphatic hydroxyl groups excluding tert-OH is 1. The van der Waals surface area contributed by atoms with Crippen molar-refractivity contribution >= 4 is 16.9 Å². The molecule has 0 amide bonds. The van der Waals surface area contributed by atoms with Crippen molar-refractivity contribution in [3.05, 3.63) is 58.3 Å². The molecule has 2 aromatic rings. The molecule has 1 atom stereocenters. The maximum atomic E-state index is 10.2. The first-order valence-electron chi connectivity index (χ1n) is 8.01. The van der Waals surface area contributed by atoms with E-state index in [4.69, 9.17) is 10.00 Å². The fraction of sp³-hybridized carbons (Fsp3) is 0.316. The third-order valence-electron chi connectivity index (χ3n) is 4.03. The molecule has 1 aliphatic heterocycles. The summed E-state index contributed by atoms with van der Waals surface area (Å²) in [6, 6.07) is 13.2. The molecule has 1 unspecified atom stereocenters. The van der Waals surface area contributed by atoms with Gasteiger partial charge < -0.3 is 9.84 Å². The van der Waals surface area contributed by atoms with E-state index in [0.717, 1.165) is 19.5 Å². The van der Waals surface area contributed by atoms with Crippen LogP contribution < -0.4 is 4.74 Å². The van der Waals surface area contributed by atoms with Gasteiger partial charge in [-0.25, -0.2) is 0 Å². The second-order valence-corrected chi connectivity index (χ2v) is 6.76. The Morgan fingerprint density at radius 3 is 2.75 bits per heavy atom. The minimum Gasteiger partial charge on any atom is -0.491 e. The molecule has 3 rings (SSSR count). The van der Waals surface area contributed by atoms with E-state index in [1.165, 1.54) is 10.5 Å². The van der Waals surface area contributed by atoms with Crippen LogP contribution in [0, 0.1) is 11.3 Å². The largest absolute Gasteiger partial charge is 0.491 e. The van der Waals surface area contributed by atoms with Gasteiger partial charge in [-0.1, -0.05) is 12.1 Å². The lowest BCUT2D eigenvalue weighted by atomic mass is 10.1. The van der Waals surface area contributed by atoms with Crippen molar-refractivity contribution in [3.8, 4) is 11.8 Å². The highest BCUT2D eigenvalue weighted by Gasteiger charge is 2.17. The van der Waals surface area contributed by atoms with E-state index in [1.54, 1.807) is 35.6 Å². The van der Waals surface area contributed by atoms with Crippen molar-refractivity contribution in [1.82, 2.24) is 4.90 Å². The van der Waals surface area contributed by atoms with Gasteiger partial charge in [-0.15, -0.1) is 11.3 Å². The molecule has 0 radical (unpaired) electrons. The number of nitrogens with zero attached hydrogens (tertiary/aromatic N) is 2. The smallest absolute Gasteiger partial charge is 0.119 e. The van der Waals surface area contributed by atoms with Gasteiger partial charge in [-0.05, 0) is 47.7 Å². The summed E-state index contributed by atoms with van der Waals surface area (Å²) in [5.41, 5.74) is 2.01. The fourth-order valence-corrected chi connectivity index (χ4v) is 3.53. The van der Waals surface area contributed by atoms with Gasteiger partial charge in [-0.3, -0.25) is 4.90 Å². The molecule has 0 bridgehead atoms. The lowest BCUT2D eigenvalue weighted by Gasteiger charge is -2.28. The molecule has 0 saturated heterocycles. The fourth-order valence-electron chi connectivity index (χ4n) is 2.73. The minimum atomic E-state index is -0.530. The van der Waals surface area contributed by atoms with Crippen LogP contribution in [0.2, 0.25) is 0 Å². The lowest BCUT2D eigenvalue weighted by Crippen LogP contribution is -2.38. The van der Waals surface area contributed by atoms with Crippen LogP contribution in [-0.2, 0) is 0 Å². The van der Waals surface area contributed by atoms with Crippen molar-refractivity contribution in [1.29, 1.82) is 5.26 Å². The summed E-state index contributed by atoms with van der Waals surface area (Å²) < 4.78 is 5.59. The van der Waals surface area contributed by atoms with Crippen LogP contribution in [0.3, 0.4) is 0 Å². The SMILES string of the molecule is N#Cc1ccc(OCC(O)CN2CC=C(c3cccs3)CC2)cc1. The second kappa shape index (κ2) is 8.11. The van der Waals surface area contributed by atoms with Crippen molar-refractivity contribution in [2.75, 3.05) is 26.2 Å². The quantitative estimate of drug-likeness (QED) is 0.878. The molecule has 1 aliphatic rings. The molecule has 1 aromatic carbocycles. The Hall–Kier alpha value is -2.13.